The van der Waals surface area contributed by atoms with E-state index in [0.29, 0.717) is 27.9 Å². The van der Waals surface area contributed by atoms with Crippen LogP contribution in [0.2, 0.25) is 0 Å². The number of rotatable bonds is 13. The number of carbonyl (C=O) groups excluding carboxylic acids is 1. The van der Waals surface area contributed by atoms with E-state index in [-0.39, 0.29) is 19.4 Å². The number of nitro groups is 1. The van der Waals surface area contributed by atoms with Crippen LogP contribution >= 0.6 is 0 Å². The fourth-order valence-corrected chi connectivity index (χ4v) is 3.60. The van der Waals surface area contributed by atoms with E-state index >= 15 is 0 Å². The summed E-state index contributed by atoms with van der Waals surface area (Å²) < 4.78 is 21.1. The average molecular weight is 516 g/mol. The maximum absolute atomic E-state index is 12.4. The number of esters is 1. The third-order valence-electron chi connectivity index (χ3n) is 5.57. The van der Waals surface area contributed by atoms with Crippen LogP contribution in [0, 0.1) is 22.4 Å². The van der Waals surface area contributed by atoms with Crippen molar-refractivity contribution >= 4 is 29.8 Å². The predicted molar refractivity (Wildman–Crippen MR) is 140 cm³/mol. The van der Waals surface area contributed by atoms with Gasteiger partial charge in [0, 0.05) is 5.69 Å². The van der Waals surface area contributed by atoms with E-state index in [9.17, 15) is 14.9 Å². The molecule has 37 heavy (non-hydrogen) atoms. The van der Waals surface area contributed by atoms with Gasteiger partial charge in [-0.3, -0.25) is 5.41 Å². The van der Waals surface area contributed by atoms with Gasteiger partial charge in [-0.15, -0.1) is 0 Å². The number of guanidine groups is 1. The molecule has 0 bridgehead atoms. The summed E-state index contributed by atoms with van der Waals surface area (Å²) in [6.07, 6.45) is 4.26. The van der Waals surface area contributed by atoms with Gasteiger partial charge >= 0.3 is 5.97 Å². The highest BCUT2D eigenvalue weighted by molar-refractivity contribution is 5.80. The van der Waals surface area contributed by atoms with Crippen molar-refractivity contribution in [3.05, 3.63) is 57.1 Å². The Balaban J connectivity index is 2.23. The molecule has 12 heteroatoms. The lowest BCUT2D eigenvalue weighted by Crippen LogP contribution is -2.42. The summed E-state index contributed by atoms with van der Waals surface area (Å²) in [5.74, 6) is 0.397. The van der Waals surface area contributed by atoms with E-state index in [1.807, 2.05) is 49.4 Å². The molecule has 1 unspecified atom stereocenters. The summed E-state index contributed by atoms with van der Waals surface area (Å²) in [5.41, 5.74) is 8.55. The lowest BCUT2D eigenvalue weighted by molar-refractivity contribution is -0.629. The zero-order valence-electron chi connectivity index (χ0n) is 21.6. The molecule has 200 valence electrons. The molecule has 0 aliphatic heterocycles. The number of ether oxygens (including phenoxy) is 4. The summed E-state index contributed by atoms with van der Waals surface area (Å²) in [6.45, 7) is 1.78. The zero-order valence-corrected chi connectivity index (χ0v) is 21.6. The molecular weight excluding hydrogens is 482 g/mol. The molecule has 1 atom stereocenters. The second kappa shape index (κ2) is 13.6. The van der Waals surface area contributed by atoms with Gasteiger partial charge in [0.1, 0.15) is 6.04 Å². The van der Waals surface area contributed by atoms with Crippen LogP contribution < -0.4 is 25.3 Å². The molecule has 2 aromatic rings. The number of hydrogen-bond acceptors (Lipinski definition) is 9. The minimum Gasteiger partial charge on any atom is -0.493 e. The lowest BCUT2D eigenvalue weighted by atomic mass is 10.1. The van der Waals surface area contributed by atoms with Crippen molar-refractivity contribution in [1.29, 1.82) is 5.41 Å². The maximum atomic E-state index is 12.4. The first-order chi connectivity index (χ1) is 17.6. The van der Waals surface area contributed by atoms with Gasteiger partial charge in [0.25, 0.3) is 5.96 Å². The van der Waals surface area contributed by atoms with E-state index < -0.39 is 23.0 Å². The van der Waals surface area contributed by atoms with Gasteiger partial charge in [-0.1, -0.05) is 29.3 Å². The third kappa shape index (κ3) is 7.75. The number of hydrogen-bond donors (Lipinski definition) is 3. The molecule has 0 heterocycles. The van der Waals surface area contributed by atoms with Crippen LogP contribution in [0.4, 0.5) is 5.69 Å². The van der Waals surface area contributed by atoms with Crippen LogP contribution in [0.3, 0.4) is 0 Å². The number of carbonyl (C=O) groups is 1. The van der Waals surface area contributed by atoms with Crippen LogP contribution in [-0.4, -0.2) is 63.0 Å². The van der Waals surface area contributed by atoms with E-state index in [1.54, 1.807) is 21.3 Å². The molecular formula is C25H33N5O7. The standard InChI is InChI=1S/C25H33N5O7/c1-16-8-9-17(10-11-18-14-21(34-2)23(36-4)22(15-18)35-3)13-20(16)28-19(24(31)37-5)7-6-12-29(25(26)27)30(32)33/h8-11,13-15,19,28H,6-7,12H2,1-5H3,(H3,26,27). The molecule has 0 saturated heterocycles. The summed E-state index contributed by atoms with van der Waals surface area (Å²) in [4.78, 5) is 23.4. The van der Waals surface area contributed by atoms with Crippen molar-refractivity contribution in [2.75, 3.05) is 40.3 Å². The Hall–Kier alpha value is -4.48. The molecule has 0 radical (unpaired) electrons. The number of hydrazine groups is 1. The first-order valence-electron chi connectivity index (χ1n) is 11.3. The Morgan fingerprint density at radius 3 is 2.24 bits per heavy atom. The summed E-state index contributed by atoms with van der Waals surface area (Å²) >= 11 is 0. The van der Waals surface area contributed by atoms with Gasteiger partial charge in [0.2, 0.25) is 5.75 Å². The highest BCUT2D eigenvalue weighted by Gasteiger charge is 2.23. The molecule has 4 N–H and O–H groups in total. The van der Waals surface area contributed by atoms with Crippen molar-refractivity contribution in [3.63, 3.8) is 0 Å². The molecule has 0 saturated carbocycles. The number of aryl methyl sites for hydroxylation is 1. The van der Waals surface area contributed by atoms with Crippen LogP contribution in [-0.2, 0) is 9.53 Å². The first kappa shape index (κ1) is 28.8. The Kier molecular flexibility index (Phi) is 10.5. The summed E-state index contributed by atoms with van der Waals surface area (Å²) in [7, 11) is 5.92. The van der Waals surface area contributed by atoms with E-state index in [1.165, 1.54) is 7.11 Å². The molecule has 2 rings (SSSR count). The van der Waals surface area contributed by atoms with Crippen molar-refractivity contribution in [2.45, 2.75) is 25.8 Å². The highest BCUT2D eigenvalue weighted by atomic mass is 16.7. The Morgan fingerprint density at radius 1 is 1.11 bits per heavy atom. The van der Waals surface area contributed by atoms with Crippen LogP contribution in [0.5, 0.6) is 17.2 Å². The monoisotopic (exact) mass is 515 g/mol. The van der Waals surface area contributed by atoms with Gasteiger partial charge in [0.05, 0.1) is 35.0 Å². The molecule has 0 aliphatic carbocycles. The molecule has 0 spiro atoms. The topological polar surface area (TPSA) is 162 Å². The SMILES string of the molecule is COC(=O)C(CCCN(C(=N)N)[N+](=O)[O-])Nc1cc(C=Cc2cc(OC)c(OC)c(OC)c2)ccc1C. The average Bonchev–Trinajstić information content (AvgIpc) is 2.88. The van der Waals surface area contributed by atoms with Crippen molar-refractivity contribution in [1.82, 2.24) is 5.01 Å². The second-order valence-electron chi connectivity index (χ2n) is 7.97. The lowest BCUT2D eigenvalue weighted by Gasteiger charge is -2.20. The van der Waals surface area contributed by atoms with Crippen molar-refractivity contribution in [2.24, 2.45) is 5.73 Å². The second-order valence-corrected chi connectivity index (χ2v) is 7.97. The Morgan fingerprint density at radius 2 is 1.73 bits per heavy atom. The predicted octanol–water partition coefficient (Wildman–Crippen LogP) is 3.31. The Bertz CT molecular complexity index is 1110. The number of nitrogens with one attached hydrogen (secondary N) is 2. The van der Waals surface area contributed by atoms with Crippen molar-refractivity contribution in [3.8, 4) is 17.2 Å². The van der Waals surface area contributed by atoms with Crippen molar-refractivity contribution < 1.29 is 28.8 Å². The normalized spacial score (nSPS) is 11.5. The quantitative estimate of drug-likeness (QED) is 0.0901. The zero-order chi connectivity index (χ0) is 27.5. The smallest absolute Gasteiger partial charge is 0.328 e. The molecule has 0 fully saturated rings. The minimum absolute atomic E-state index is 0.117. The molecule has 0 aromatic heterocycles. The Labute approximate surface area is 215 Å². The van der Waals surface area contributed by atoms with Crippen LogP contribution in [0.15, 0.2) is 30.3 Å². The first-order valence-corrected chi connectivity index (χ1v) is 11.3. The van der Waals surface area contributed by atoms with Gasteiger partial charge < -0.3 is 30.0 Å². The number of nitrogens with two attached hydrogens (primary N) is 1. The number of benzene rings is 2. The molecule has 12 nitrogen and oxygen atoms in total. The van der Waals surface area contributed by atoms with Crippen LogP contribution in [0.25, 0.3) is 12.2 Å². The maximum Gasteiger partial charge on any atom is 0.328 e. The highest BCUT2D eigenvalue weighted by Crippen LogP contribution is 2.38. The van der Waals surface area contributed by atoms with Crippen LogP contribution in [0.1, 0.15) is 29.5 Å². The number of anilines is 1. The van der Waals surface area contributed by atoms with Gasteiger partial charge in [0.15, 0.2) is 16.5 Å². The number of methoxy groups -OCH3 is 4. The number of nitrogens with zero attached hydrogens (tertiary/aromatic N) is 2. The fraction of sp³-hybridized carbons (Fsp3) is 0.360. The van der Waals surface area contributed by atoms with Gasteiger partial charge in [-0.05, 0) is 54.7 Å². The summed E-state index contributed by atoms with van der Waals surface area (Å²) in [6, 6.07) is 8.64. The third-order valence-corrected chi connectivity index (χ3v) is 5.57. The van der Waals surface area contributed by atoms with Gasteiger partial charge in [-0.2, -0.15) is 0 Å². The minimum atomic E-state index is -0.753. The van der Waals surface area contributed by atoms with E-state index in [0.717, 1.165) is 16.7 Å². The largest absolute Gasteiger partial charge is 0.493 e. The molecule has 0 amide bonds. The van der Waals surface area contributed by atoms with E-state index in [4.69, 9.17) is 30.1 Å². The molecule has 2 aromatic carbocycles. The molecule has 0 aliphatic rings. The fourth-order valence-electron chi connectivity index (χ4n) is 3.60. The van der Waals surface area contributed by atoms with Gasteiger partial charge in [-0.25, -0.2) is 14.9 Å². The van der Waals surface area contributed by atoms with E-state index in [2.05, 4.69) is 5.32 Å². The summed E-state index contributed by atoms with van der Waals surface area (Å²) in [5, 5.41) is 21.3.